The van der Waals surface area contributed by atoms with Crippen LogP contribution in [0.15, 0.2) is 83.8 Å². The third-order valence-corrected chi connectivity index (χ3v) is 9.82. The molecule has 0 unspecified atom stereocenters. The average Bonchev–Trinajstić information content (AvgIpc) is 3.56. The highest BCUT2D eigenvalue weighted by Gasteiger charge is 2.30. The van der Waals surface area contributed by atoms with E-state index in [0.29, 0.717) is 26.5 Å². The molecule has 0 spiro atoms. The monoisotopic (exact) mass is 624 g/mol. The van der Waals surface area contributed by atoms with Gasteiger partial charge in [0.05, 0.1) is 30.9 Å². The van der Waals surface area contributed by atoms with Gasteiger partial charge < -0.3 is 9.87 Å². The molecule has 212 valence electrons. The van der Waals surface area contributed by atoms with Crippen LogP contribution in [0.3, 0.4) is 0 Å². The van der Waals surface area contributed by atoms with Crippen LogP contribution in [0.1, 0.15) is 21.5 Å². The molecule has 0 atom stereocenters. The summed E-state index contributed by atoms with van der Waals surface area (Å²) in [6.07, 6.45) is -4.48. The normalized spacial score (nSPS) is 12.2. The van der Waals surface area contributed by atoms with Gasteiger partial charge in [-0.05, 0) is 85.3 Å². The molecule has 2 heterocycles. The Hall–Kier alpha value is -4.17. The van der Waals surface area contributed by atoms with Gasteiger partial charge in [0.25, 0.3) is 5.91 Å². The quantitative estimate of drug-likeness (QED) is 0.197. The molecule has 7 nitrogen and oxygen atoms in total. The van der Waals surface area contributed by atoms with E-state index in [1.54, 1.807) is 43.3 Å². The van der Waals surface area contributed by atoms with Crippen molar-refractivity contribution in [2.45, 2.75) is 18.0 Å². The molecular formula is C29H17F3N3O4S3-. The van der Waals surface area contributed by atoms with Gasteiger partial charge in [-0.1, -0.05) is 6.07 Å². The molecule has 0 saturated heterocycles. The van der Waals surface area contributed by atoms with Crippen LogP contribution >= 0.6 is 22.7 Å². The maximum absolute atomic E-state index is 12.8. The van der Waals surface area contributed by atoms with Crippen molar-refractivity contribution in [1.29, 1.82) is 0 Å². The van der Waals surface area contributed by atoms with Crippen LogP contribution in [0.5, 0.6) is 0 Å². The Bertz CT molecular complexity index is 2100. The number of rotatable bonds is 5. The fourth-order valence-electron chi connectivity index (χ4n) is 4.39. The highest BCUT2D eigenvalue weighted by Crippen LogP contribution is 2.38. The zero-order valence-corrected chi connectivity index (χ0v) is 23.8. The second-order valence-corrected chi connectivity index (χ2v) is 12.7. The van der Waals surface area contributed by atoms with E-state index in [2.05, 4.69) is 15.3 Å². The van der Waals surface area contributed by atoms with Gasteiger partial charge in [-0.2, -0.15) is 13.2 Å². The van der Waals surface area contributed by atoms with Gasteiger partial charge in [-0.25, -0.2) is 18.4 Å². The molecule has 0 aliphatic rings. The minimum atomic E-state index is -4.67. The minimum absolute atomic E-state index is 0.100. The van der Waals surface area contributed by atoms with Crippen molar-refractivity contribution < 1.29 is 30.9 Å². The number of halogens is 3. The molecule has 0 radical (unpaired) electrons. The number of hydrogen-bond acceptors (Lipinski definition) is 8. The first-order valence-corrected chi connectivity index (χ1v) is 15.3. The molecule has 1 amide bonds. The number of aromatic nitrogens is 2. The number of amides is 1. The van der Waals surface area contributed by atoms with Crippen LogP contribution in [0.25, 0.3) is 41.6 Å². The van der Waals surface area contributed by atoms with Crippen LogP contribution < -0.4 is 5.32 Å². The van der Waals surface area contributed by atoms with E-state index in [9.17, 15) is 30.9 Å². The molecule has 0 saturated carbocycles. The third-order valence-electron chi connectivity index (χ3n) is 6.46. The van der Waals surface area contributed by atoms with Gasteiger partial charge in [-0.3, -0.25) is 4.79 Å². The Kier molecular flexibility index (Phi) is 6.84. The van der Waals surface area contributed by atoms with Crippen LogP contribution in [-0.2, 0) is 16.3 Å². The van der Waals surface area contributed by atoms with E-state index >= 15 is 0 Å². The lowest BCUT2D eigenvalue weighted by atomic mass is 10.1. The molecule has 0 aliphatic carbocycles. The van der Waals surface area contributed by atoms with Crippen LogP contribution in [0.2, 0.25) is 0 Å². The predicted octanol–water partition coefficient (Wildman–Crippen LogP) is 7.72. The summed E-state index contributed by atoms with van der Waals surface area (Å²) in [6.45, 7) is 1.58. The molecule has 4 aromatic carbocycles. The fraction of sp³-hybridized carbons (Fsp3) is 0.0690. The Morgan fingerprint density at radius 2 is 1.45 bits per heavy atom. The summed E-state index contributed by atoms with van der Waals surface area (Å²) in [5.74, 6) is -0.533. The zero-order chi connectivity index (χ0) is 29.8. The summed E-state index contributed by atoms with van der Waals surface area (Å²) >= 11 is 2.58. The van der Waals surface area contributed by atoms with Crippen molar-refractivity contribution in [3.63, 3.8) is 0 Å². The van der Waals surface area contributed by atoms with E-state index in [1.165, 1.54) is 11.3 Å². The van der Waals surface area contributed by atoms with Crippen molar-refractivity contribution in [2.24, 2.45) is 0 Å². The summed E-state index contributed by atoms with van der Waals surface area (Å²) in [7, 11) is -4.67. The topological polar surface area (TPSA) is 112 Å². The molecule has 0 bridgehead atoms. The lowest BCUT2D eigenvalue weighted by Gasteiger charge is -2.10. The Morgan fingerprint density at radius 3 is 2.12 bits per heavy atom. The Morgan fingerprint density at radius 1 is 0.833 bits per heavy atom. The van der Waals surface area contributed by atoms with Crippen LogP contribution in [0, 0.1) is 6.92 Å². The molecule has 6 aromatic rings. The highest BCUT2D eigenvalue weighted by atomic mass is 32.2. The standard InChI is InChI=1S/C29H18F3N3O4S3/c1-15-2-12-22-24(25(15)42(37,38)39)41-28(35-22)18-7-13-21-23(14-18)40-27(34-21)17-5-10-20(11-6-17)33-26(36)16-3-8-19(9-4-16)29(30,31)32/h2-14H,1H3,(H,33,36)(H,37,38,39)/p-1. The van der Waals surface area contributed by atoms with E-state index in [0.717, 1.165) is 62.0 Å². The maximum Gasteiger partial charge on any atom is 0.416 e. The first kappa shape index (κ1) is 28.0. The number of aryl methyl sites for hydroxylation is 1. The van der Waals surface area contributed by atoms with E-state index in [-0.39, 0.29) is 10.5 Å². The smallest absolute Gasteiger partial charge is 0.416 e. The summed E-state index contributed by atoms with van der Waals surface area (Å²) < 4.78 is 75.1. The van der Waals surface area contributed by atoms with Crippen LogP contribution in [-0.4, -0.2) is 28.8 Å². The number of anilines is 1. The summed E-state index contributed by atoms with van der Waals surface area (Å²) in [6, 6.07) is 19.7. The van der Waals surface area contributed by atoms with E-state index < -0.39 is 27.8 Å². The fourth-order valence-corrected chi connectivity index (χ4v) is 7.68. The predicted molar refractivity (Wildman–Crippen MR) is 156 cm³/mol. The number of fused-ring (bicyclic) bond motifs is 2. The molecular weight excluding hydrogens is 608 g/mol. The molecule has 6 rings (SSSR count). The number of carbonyl (C=O) groups excluding carboxylic acids is 1. The van der Waals surface area contributed by atoms with Gasteiger partial charge in [0.2, 0.25) is 0 Å². The van der Waals surface area contributed by atoms with Gasteiger partial charge in [-0.15, -0.1) is 22.7 Å². The van der Waals surface area contributed by atoms with Gasteiger partial charge in [0.15, 0.2) is 0 Å². The number of benzene rings is 4. The van der Waals surface area contributed by atoms with Gasteiger partial charge in [0, 0.05) is 22.4 Å². The first-order valence-electron chi connectivity index (χ1n) is 12.2. The maximum atomic E-state index is 12.8. The molecule has 0 fully saturated rings. The zero-order valence-electron chi connectivity index (χ0n) is 21.4. The Labute approximate surface area is 245 Å². The lowest BCUT2D eigenvalue weighted by molar-refractivity contribution is -0.137. The SMILES string of the molecule is Cc1ccc2nc(-c3ccc4nc(-c5ccc(NC(=O)c6ccc(C(F)(F)F)cc6)cc5)sc4c3)sc2c1S(=O)(=O)[O-]. The van der Waals surface area contributed by atoms with Crippen molar-refractivity contribution >= 4 is 64.8 Å². The van der Waals surface area contributed by atoms with Crippen molar-refractivity contribution in [1.82, 2.24) is 9.97 Å². The molecule has 42 heavy (non-hydrogen) atoms. The van der Waals surface area contributed by atoms with Crippen molar-refractivity contribution in [2.75, 3.05) is 5.32 Å². The third kappa shape index (κ3) is 5.39. The van der Waals surface area contributed by atoms with Crippen molar-refractivity contribution in [3.05, 3.63) is 95.6 Å². The number of nitrogens with zero attached hydrogens (tertiary/aromatic N) is 2. The molecule has 13 heteroatoms. The number of carbonyl (C=O) groups is 1. The second kappa shape index (κ2) is 10.3. The van der Waals surface area contributed by atoms with E-state index in [1.807, 2.05) is 18.2 Å². The number of nitrogens with one attached hydrogen (secondary N) is 1. The minimum Gasteiger partial charge on any atom is -0.744 e. The molecule has 2 aromatic heterocycles. The summed E-state index contributed by atoms with van der Waals surface area (Å²) in [5.41, 5.74) is 2.86. The summed E-state index contributed by atoms with van der Waals surface area (Å²) in [4.78, 5) is 21.5. The van der Waals surface area contributed by atoms with Gasteiger partial charge in [0.1, 0.15) is 20.1 Å². The highest BCUT2D eigenvalue weighted by molar-refractivity contribution is 7.86. The lowest BCUT2D eigenvalue weighted by Crippen LogP contribution is -2.12. The number of hydrogen-bond donors (Lipinski definition) is 1. The summed E-state index contributed by atoms with van der Waals surface area (Å²) in [5, 5.41) is 3.97. The first-order chi connectivity index (χ1) is 19.9. The number of thiazole rings is 2. The molecule has 1 N–H and O–H groups in total. The average molecular weight is 625 g/mol. The van der Waals surface area contributed by atoms with Crippen molar-refractivity contribution in [3.8, 4) is 21.1 Å². The second-order valence-electron chi connectivity index (χ2n) is 9.34. The molecule has 0 aliphatic heterocycles. The van der Waals surface area contributed by atoms with Gasteiger partial charge >= 0.3 is 6.18 Å². The van der Waals surface area contributed by atoms with Crippen LogP contribution in [0.4, 0.5) is 18.9 Å². The Balaban J connectivity index is 1.23. The number of alkyl halides is 3. The largest absolute Gasteiger partial charge is 0.744 e. The van der Waals surface area contributed by atoms with E-state index in [4.69, 9.17) is 0 Å².